The maximum atomic E-state index is 13.3. The van der Waals surface area contributed by atoms with Gasteiger partial charge in [0.2, 0.25) is 0 Å². The molecular weight excluding hydrogens is 414 g/mol. The summed E-state index contributed by atoms with van der Waals surface area (Å²) in [5.74, 6) is -1.66. The highest BCUT2D eigenvalue weighted by Gasteiger charge is 2.21. The van der Waals surface area contributed by atoms with Crippen molar-refractivity contribution in [1.82, 2.24) is 15.2 Å². The van der Waals surface area contributed by atoms with Crippen molar-refractivity contribution >= 4 is 34.3 Å². The van der Waals surface area contributed by atoms with E-state index in [0.29, 0.717) is 17.2 Å². The number of anilines is 3. The van der Waals surface area contributed by atoms with Crippen LogP contribution in [0.1, 0.15) is 26.5 Å². The Hall–Kier alpha value is -4.01. The summed E-state index contributed by atoms with van der Waals surface area (Å²) in [6.07, 6.45) is 0. The van der Waals surface area contributed by atoms with Crippen molar-refractivity contribution in [2.75, 3.05) is 16.4 Å². The molecule has 2 aromatic carbocycles. The fraction of sp³-hybridized carbons (Fsp3) is 0.174. The lowest BCUT2D eigenvalue weighted by atomic mass is 9.89. The van der Waals surface area contributed by atoms with Crippen LogP contribution >= 0.6 is 0 Å². The third-order valence-corrected chi connectivity index (χ3v) is 4.96. The van der Waals surface area contributed by atoms with Gasteiger partial charge in [0.1, 0.15) is 0 Å². The van der Waals surface area contributed by atoms with Crippen molar-refractivity contribution in [1.29, 1.82) is 0 Å². The molecule has 0 spiro atoms. The van der Waals surface area contributed by atoms with Gasteiger partial charge in [-0.05, 0) is 41.5 Å². The second kappa shape index (κ2) is 7.92. The molecule has 0 aliphatic rings. The first-order chi connectivity index (χ1) is 15.1. The van der Waals surface area contributed by atoms with Crippen LogP contribution in [-0.2, 0) is 5.41 Å². The second-order valence-electron chi connectivity index (χ2n) is 8.42. The summed E-state index contributed by atoms with van der Waals surface area (Å²) in [5.41, 5.74) is 9.80. The lowest BCUT2D eigenvalue weighted by Gasteiger charge is -2.19. The minimum Gasteiger partial charge on any atom is -0.382 e. The number of aromatic amines is 1. The highest BCUT2D eigenvalue weighted by atomic mass is 19.2. The lowest BCUT2D eigenvalue weighted by Crippen LogP contribution is -2.19. The van der Waals surface area contributed by atoms with E-state index in [1.807, 2.05) is 18.2 Å². The van der Waals surface area contributed by atoms with Crippen LogP contribution in [0.25, 0.3) is 22.2 Å². The first-order valence-electron chi connectivity index (χ1n) is 9.90. The zero-order chi connectivity index (χ0) is 23.0. The van der Waals surface area contributed by atoms with Crippen LogP contribution < -0.4 is 16.4 Å². The van der Waals surface area contributed by atoms with Gasteiger partial charge in [0.05, 0.1) is 5.39 Å². The number of rotatable bonds is 3. The number of nitrogens with two attached hydrogens (primary N) is 1. The van der Waals surface area contributed by atoms with Crippen LogP contribution in [0.2, 0.25) is 0 Å². The summed E-state index contributed by atoms with van der Waals surface area (Å²) in [7, 11) is 0. The molecule has 0 atom stereocenters. The van der Waals surface area contributed by atoms with Crippen LogP contribution in [0, 0.1) is 11.6 Å². The summed E-state index contributed by atoms with van der Waals surface area (Å²) < 4.78 is 26.3. The number of halogens is 2. The highest BCUT2D eigenvalue weighted by molar-refractivity contribution is 6.01. The van der Waals surface area contributed by atoms with E-state index >= 15 is 0 Å². The lowest BCUT2D eigenvalue weighted by molar-refractivity contribution is 0.262. The van der Waals surface area contributed by atoms with Gasteiger partial charge in [-0.3, -0.25) is 5.10 Å². The molecule has 0 unspecified atom stereocenters. The molecule has 0 aliphatic heterocycles. The van der Waals surface area contributed by atoms with Crippen molar-refractivity contribution in [3.63, 3.8) is 0 Å². The summed E-state index contributed by atoms with van der Waals surface area (Å²) in [6.45, 7) is 6.22. The van der Waals surface area contributed by atoms with Crippen molar-refractivity contribution < 1.29 is 13.6 Å². The van der Waals surface area contributed by atoms with Crippen LogP contribution in [0.4, 0.5) is 30.8 Å². The number of nitrogens with one attached hydrogen (secondary N) is 3. The predicted molar refractivity (Wildman–Crippen MR) is 121 cm³/mol. The number of aromatic nitrogens is 3. The number of urea groups is 1. The normalized spacial score (nSPS) is 11.5. The van der Waals surface area contributed by atoms with Gasteiger partial charge in [-0.25, -0.2) is 18.6 Å². The number of nitrogen functional groups attached to an aromatic ring is 1. The quantitative estimate of drug-likeness (QED) is 0.343. The Labute approximate surface area is 183 Å². The number of benzene rings is 2. The molecule has 0 radical (unpaired) electrons. The van der Waals surface area contributed by atoms with Gasteiger partial charge in [0.15, 0.2) is 23.1 Å². The van der Waals surface area contributed by atoms with Crippen molar-refractivity contribution in [3.8, 4) is 11.1 Å². The second-order valence-corrected chi connectivity index (χ2v) is 8.42. The number of H-pyrrole nitrogens is 1. The van der Waals surface area contributed by atoms with Gasteiger partial charge in [-0.2, -0.15) is 5.10 Å². The molecule has 4 rings (SSSR count). The molecule has 164 valence electrons. The van der Waals surface area contributed by atoms with Crippen molar-refractivity contribution in [2.24, 2.45) is 0 Å². The molecule has 0 bridgehead atoms. The Morgan fingerprint density at radius 1 is 0.969 bits per heavy atom. The fourth-order valence-electron chi connectivity index (χ4n) is 3.27. The van der Waals surface area contributed by atoms with E-state index in [1.165, 1.54) is 6.07 Å². The average molecular weight is 436 g/mol. The number of nitrogens with zero attached hydrogens (tertiary/aromatic N) is 2. The molecule has 0 saturated carbocycles. The average Bonchev–Trinajstić information content (AvgIpc) is 3.11. The van der Waals surface area contributed by atoms with E-state index in [2.05, 4.69) is 46.6 Å². The first-order valence-corrected chi connectivity index (χ1v) is 9.90. The smallest absolute Gasteiger partial charge is 0.323 e. The molecule has 9 heteroatoms. The largest absolute Gasteiger partial charge is 0.382 e. The molecule has 2 amide bonds. The predicted octanol–water partition coefficient (Wildman–Crippen LogP) is 5.43. The minimum absolute atomic E-state index is 0.141. The zero-order valence-electron chi connectivity index (χ0n) is 17.8. The van der Waals surface area contributed by atoms with Crippen molar-refractivity contribution in [3.05, 3.63) is 65.9 Å². The van der Waals surface area contributed by atoms with Crippen LogP contribution in [0.15, 0.2) is 48.5 Å². The standard InChI is InChI=1S/C23H22F2N6O/c1-23(2,3)18-11-15(19-20(26)30-31-21(19)29-18)12-4-6-13(7-5-12)27-22(32)28-14-8-9-16(24)17(25)10-14/h4-11H,1-3H3,(H2,27,28,32)(H3,26,29,30,31). The van der Waals surface area contributed by atoms with Crippen LogP contribution in [0.5, 0.6) is 0 Å². The molecule has 0 saturated heterocycles. The van der Waals surface area contributed by atoms with Gasteiger partial charge in [-0.1, -0.05) is 32.9 Å². The van der Waals surface area contributed by atoms with Crippen LogP contribution in [0.3, 0.4) is 0 Å². The zero-order valence-corrected chi connectivity index (χ0v) is 17.8. The third kappa shape index (κ3) is 4.22. The minimum atomic E-state index is -1.04. The van der Waals surface area contributed by atoms with Crippen LogP contribution in [-0.4, -0.2) is 21.2 Å². The Morgan fingerprint density at radius 2 is 1.62 bits per heavy atom. The molecular formula is C23H22F2N6O. The van der Waals surface area contributed by atoms with E-state index in [1.54, 1.807) is 12.1 Å². The topological polar surface area (TPSA) is 109 Å². The molecule has 2 aromatic heterocycles. The maximum Gasteiger partial charge on any atom is 0.323 e. The van der Waals surface area contributed by atoms with Gasteiger partial charge in [-0.15, -0.1) is 0 Å². The number of fused-ring (bicyclic) bond motifs is 1. The highest BCUT2D eigenvalue weighted by Crippen LogP contribution is 2.34. The number of pyridine rings is 1. The van der Waals surface area contributed by atoms with E-state index in [4.69, 9.17) is 5.73 Å². The van der Waals surface area contributed by atoms with Gasteiger partial charge < -0.3 is 16.4 Å². The number of carbonyl (C=O) groups excluding carboxylic acids is 1. The number of hydrogen-bond donors (Lipinski definition) is 4. The molecule has 0 fully saturated rings. The first kappa shape index (κ1) is 21.2. The Bertz CT molecular complexity index is 1310. The Morgan fingerprint density at radius 3 is 2.28 bits per heavy atom. The number of carbonyl (C=O) groups is 1. The van der Waals surface area contributed by atoms with E-state index in [-0.39, 0.29) is 11.1 Å². The maximum absolute atomic E-state index is 13.3. The number of hydrogen-bond acceptors (Lipinski definition) is 4. The summed E-state index contributed by atoms with van der Waals surface area (Å²) >= 11 is 0. The van der Waals surface area contributed by atoms with E-state index in [9.17, 15) is 13.6 Å². The van der Waals surface area contributed by atoms with Crippen molar-refractivity contribution in [2.45, 2.75) is 26.2 Å². The third-order valence-electron chi connectivity index (χ3n) is 4.96. The molecule has 2 heterocycles. The van der Waals surface area contributed by atoms with Gasteiger partial charge in [0.25, 0.3) is 0 Å². The Balaban J connectivity index is 1.58. The Kier molecular flexibility index (Phi) is 5.25. The summed E-state index contributed by atoms with van der Waals surface area (Å²) in [6, 6.07) is 11.7. The fourth-order valence-corrected chi connectivity index (χ4v) is 3.27. The molecule has 7 nitrogen and oxygen atoms in total. The number of amides is 2. The van der Waals surface area contributed by atoms with E-state index < -0.39 is 17.7 Å². The van der Waals surface area contributed by atoms with Gasteiger partial charge >= 0.3 is 6.03 Å². The molecule has 4 aromatic rings. The monoisotopic (exact) mass is 436 g/mol. The summed E-state index contributed by atoms with van der Waals surface area (Å²) in [5, 5.41) is 12.8. The molecule has 0 aliphatic carbocycles. The molecule has 32 heavy (non-hydrogen) atoms. The van der Waals surface area contributed by atoms with Gasteiger partial charge in [0, 0.05) is 28.6 Å². The SMILES string of the molecule is CC(C)(C)c1cc(-c2ccc(NC(=O)Nc3ccc(F)c(F)c3)cc2)c2c(N)n[nH]c2n1. The van der Waals surface area contributed by atoms with E-state index in [0.717, 1.165) is 34.3 Å². The molecule has 5 N–H and O–H groups in total. The summed E-state index contributed by atoms with van der Waals surface area (Å²) in [4.78, 5) is 16.8.